The molecule has 0 amide bonds. The predicted octanol–water partition coefficient (Wildman–Crippen LogP) is 2.09. The third-order valence-electron chi connectivity index (χ3n) is 2.15. The third-order valence-corrected chi connectivity index (χ3v) is 2.44. The van der Waals surface area contributed by atoms with Crippen LogP contribution in [0.2, 0.25) is 5.02 Å². The van der Waals surface area contributed by atoms with Gasteiger partial charge in [-0.05, 0) is 6.07 Å². The average Bonchev–Trinajstić information content (AvgIpc) is 2.34. The summed E-state index contributed by atoms with van der Waals surface area (Å²) in [5.74, 6) is 3.08. The lowest BCUT2D eigenvalue weighted by Crippen LogP contribution is -2.19. The Hall–Kier alpha value is -1.21. The second-order valence-corrected chi connectivity index (χ2v) is 3.80. The molecule has 1 rings (SSSR count). The molecule has 0 unspecified atom stereocenters. The Bertz CT molecular complexity index is 387. The van der Waals surface area contributed by atoms with Crippen LogP contribution in [0.4, 0.5) is 0 Å². The molecule has 0 aliphatic carbocycles. The van der Waals surface area contributed by atoms with E-state index in [9.17, 15) is 0 Å². The van der Waals surface area contributed by atoms with Crippen LogP contribution in [-0.2, 0) is 11.3 Å². The van der Waals surface area contributed by atoms with Crippen molar-refractivity contribution in [3.05, 3.63) is 28.8 Å². The lowest BCUT2D eigenvalue weighted by Gasteiger charge is -2.12. The predicted molar refractivity (Wildman–Crippen MR) is 69.4 cm³/mol. The van der Waals surface area contributed by atoms with Crippen molar-refractivity contribution < 1.29 is 9.47 Å². The Morgan fingerprint density at radius 3 is 3.00 bits per heavy atom. The number of benzene rings is 1. The van der Waals surface area contributed by atoms with Gasteiger partial charge in [0.05, 0.1) is 11.6 Å². The second kappa shape index (κ2) is 7.97. The van der Waals surface area contributed by atoms with Gasteiger partial charge >= 0.3 is 0 Å². The minimum Gasteiger partial charge on any atom is -0.479 e. The Balaban J connectivity index is 2.63. The van der Waals surface area contributed by atoms with E-state index in [1.807, 2.05) is 12.1 Å². The smallest absolute Gasteiger partial charge is 0.148 e. The first-order valence-corrected chi connectivity index (χ1v) is 5.70. The molecule has 0 fully saturated rings. The van der Waals surface area contributed by atoms with E-state index in [1.54, 1.807) is 13.2 Å². The summed E-state index contributed by atoms with van der Waals surface area (Å²) in [6, 6.07) is 5.63. The molecular weight excluding hydrogens is 238 g/mol. The van der Waals surface area contributed by atoms with E-state index in [0.29, 0.717) is 23.9 Å². The van der Waals surface area contributed by atoms with Gasteiger partial charge in [-0.2, -0.15) is 0 Å². The SMILES string of the molecule is C#CCOc1c(Cl)cccc1CNCCOC. The number of nitrogens with one attached hydrogen (secondary N) is 1. The van der Waals surface area contributed by atoms with E-state index < -0.39 is 0 Å². The summed E-state index contributed by atoms with van der Waals surface area (Å²) in [5.41, 5.74) is 0.990. The van der Waals surface area contributed by atoms with Crippen molar-refractivity contribution in [2.24, 2.45) is 0 Å². The van der Waals surface area contributed by atoms with Crippen LogP contribution in [0.25, 0.3) is 0 Å². The molecule has 0 aliphatic heterocycles. The second-order valence-electron chi connectivity index (χ2n) is 3.39. The van der Waals surface area contributed by atoms with Crippen LogP contribution in [0, 0.1) is 12.3 Å². The normalized spacial score (nSPS) is 9.94. The molecule has 0 radical (unpaired) electrons. The lowest BCUT2D eigenvalue weighted by atomic mass is 10.2. The molecule has 0 heterocycles. The highest BCUT2D eigenvalue weighted by atomic mass is 35.5. The Labute approximate surface area is 107 Å². The highest BCUT2D eigenvalue weighted by Gasteiger charge is 2.07. The average molecular weight is 254 g/mol. The van der Waals surface area contributed by atoms with Crippen molar-refractivity contribution in [3.8, 4) is 18.1 Å². The summed E-state index contributed by atoms with van der Waals surface area (Å²) in [5, 5.41) is 3.81. The first-order chi connectivity index (χ1) is 8.29. The topological polar surface area (TPSA) is 30.5 Å². The van der Waals surface area contributed by atoms with Crippen molar-refractivity contribution in [2.45, 2.75) is 6.54 Å². The molecular formula is C13H16ClNO2. The molecule has 1 aromatic carbocycles. The van der Waals surface area contributed by atoms with E-state index in [-0.39, 0.29) is 6.61 Å². The minimum absolute atomic E-state index is 0.217. The number of terminal acetylenes is 1. The fraction of sp³-hybridized carbons (Fsp3) is 0.385. The molecule has 0 aromatic heterocycles. The largest absolute Gasteiger partial charge is 0.479 e. The molecule has 3 nitrogen and oxygen atoms in total. The zero-order valence-corrected chi connectivity index (χ0v) is 10.6. The zero-order chi connectivity index (χ0) is 12.5. The van der Waals surface area contributed by atoms with Crippen LogP contribution >= 0.6 is 11.6 Å². The Morgan fingerprint density at radius 2 is 2.29 bits per heavy atom. The van der Waals surface area contributed by atoms with E-state index in [1.165, 1.54) is 0 Å². The van der Waals surface area contributed by atoms with E-state index in [2.05, 4.69) is 11.2 Å². The number of methoxy groups -OCH3 is 1. The van der Waals surface area contributed by atoms with E-state index in [4.69, 9.17) is 27.5 Å². The number of rotatable bonds is 7. The quantitative estimate of drug-likeness (QED) is 0.596. The highest BCUT2D eigenvalue weighted by molar-refractivity contribution is 6.32. The first kappa shape index (κ1) is 13.9. The van der Waals surface area contributed by atoms with Gasteiger partial charge in [0.1, 0.15) is 12.4 Å². The molecule has 17 heavy (non-hydrogen) atoms. The minimum atomic E-state index is 0.217. The van der Waals surface area contributed by atoms with Crippen LogP contribution in [0.5, 0.6) is 5.75 Å². The van der Waals surface area contributed by atoms with Crippen molar-refractivity contribution in [1.29, 1.82) is 0 Å². The number of hydrogen-bond donors (Lipinski definition) is 1. The van der Waals surface area contributed by atoms with Crippen molar-refractivity contribution in [3.63, 3.8) is 0 Å². The summed E-state index contributed by atoms with van der Waals surface area (Å²) in [6.45, 7) is 2.33. The van der Waals surface area contributed by atoms with Gasteiger partial charge in [0, 0.05) is 25.8 Å². The molecule has 1 N–H and O–H groups in total. The van der Waals surface area contributed by atoms with Gasteiger partial charge in [-0.3, -0.25) is 0 Å². The first-order valence-electron chi connectivity index (χ1n) is 5.33. The van der Waals surface area contributed by atoms with Gasteiger partial charge in [0.25, 0.3) is 0 Å². The number of halogens is 1. The van der Waals surface area contributed by atoms with Gasteiger partial charge in [-0.15, -0.1) is 6.42 Å². The zero-order valence-electron chi connectivity index (χ0n) is 9.83. The van der Waals surface area contributed by atoms with E-state index >= 15 is 0 Å². The van der Waals surface area contributed by atoms with Crippen LogP contribution in [-0.4, -0.2) is 26.9 Å². The molecule has 4 heteroatoms. The lowest BCUT2D eigenvalue weighted by molar-refractivity contribution is 0.199. The van der Waals surface area contributed by atoms with Crippen molar-refractivity contribution in [1.82, 2.24) is 5.32 Å². The molecule has 0 saturated carbocycles. The standard InChI is InChI=1S/C13H16ClNO2/c1-3-8-17-13-11(5-4-6-12(13)14)10-15-7-9-16-2/h1,4-6,15H,7-10H2,2H3. The van der Waals surface area contributed by atoms with Crippen LogP contribution < -0.4 is 10.1 Å². The number of hydrogen-bond acceptors (Lipinski definition) is 3. The Morgan fingerprint density at radius 1 is 1.47 bits per heavy atom. The summed E-state index contributed by atoms with van der Waals surface area (Å²) in [7, 11) is 1.67. The van der Waals surface area contributed by atoms with Gasteiger partial charge in [0.15, 0.2) is 0 Å². The molecule has 0 saturated heterocycles. The fourth-order valence-electron chi connectivity index (χ4n) is 1.37. The van der Waals surface area contributed by atoms with Gasteiger partial charge in [-0.25, -0.2) is 0 Å². The van der Waals surface area contributed by atoms with E-state index in [0.717, 1.165) is 12.1 Å². The summed E-state index contributed by atoms with van der Waals surface area (Å²) in [6.07, 6.45) is 5.17. The van der Waals surface area contributed by atoms with Gasteiger partial charge in [-0.1, -0.05) is 29.7 Å². The van der Waals surface area contributed by atoms with Crippen molar-refractivity contribution >= 4 is 11.6 Å². The summed E-state index contributed by atoms with van der Waals surface area (Å²) in [4.78, 5) is 0. The highest BCUT2D eigenvalue weighted by Crippen LogP contribution is 2.28. The van der Waals surface area contributed by atoms with Gasteiger partial charge < -0.3 is 14.8 Å². The van der Waals surface area contributed by atoms with Crippen molar-refractivity contribution in [2.75, 3.05) is 26.9 Å². The van der Waals surface area contributed by atoms with Crippen LogP contribution in [0.15, 0.2) is 18.2 Å². The molecule has 92 valence electrons. The number of ether oxygens (including phenoxy) is 2. The maximum atomic E-state index is 6.06. The maximum Gasteiger partial charge on any atom is 0.148 e. The van der Waals surface area contributed by atoms with Gasteiger partial charge in [0.2, 0.25) is 0 Å². The third kappa shape index (κ3) is 4.66. The molecule has 0 atom stereocenters. The van der Waals surface area contributed by atoms with Crippen LogP contribution in [0.1, 0.15) is 5.56 Å². The maximum absolute atomic E-state index is 6.06. The molecule has 1 aromatic rings. The number of para-hydroxylation sites is 1. The molecule has 0 bridgehead atoms. The fourth-order valence-corrected chi connectivity index (χ4v) is 1.61. The molecule has 0 spiro atoms. The molecule has 0 aliphatic rings. The summed E-state index contributed by atoms with van der Waals surface area (Å²) >= 11 is 6.06. The Kier molecular flexibility index (Phi) is 6.49. The van der Waals surface area contributed by atoms with Crippen LogP contribution in [0.3, 0.4) is 0 Å². The monoisotopic (exact) mass is 253 g/mol. The summed E-state index contributed by atoms with van der Waals surface area (Å²) < 4.78 is 10.4.